The number of nitrogens with zero attached hydrogens (tertiary/aromatic N) is 2. The molecule has 1 saturated carbocycles. The number of aryl methyl sites for hydroxylation is 2. The number of anilines is 1. The molecule has 2 aliphatic rings. The third kappa shape index (κ3) is 3.79. The van der Waals surface area contributed by atoms with Gasteiger partial charge in [-0.3, -0.25) is 14.3 Å². The summed E-state index contributed by atoms with van der Waals surface area (Å²) in [6, 6.07) is 7.38. The molecular weight excluding hydrogens is 374 g/mol. The molecule has 0 bridgehead atoms. The molecule has 1 aliphatic carbocycles. The van der Waals surface area contributed by atoms with Crippen molar-refractivity contribution >= 4 is 17.7 Å². The minimum absolute atomic E-state index is 0.338. The molecule has 1 aromatic carbocycles. The zero-order valence-electron chi connectivity index (χ0n) is 16.7. The van der Waals surface area contributed by atoms with Crippen LogP contribution in [0.25, 0.3) is 0 Å². The van der Waals surface area contributed by atoms with Gasteiger partial charge >= 0.3 is 5.97 Å². The van der Waals surface area contributed by atoms with Crippen molar-refractivity contribution in [1.82, 2.24) is 9.78 Å². The summed E-state index contributed by atoms with van der Waals surface area (Å²) in [4.78, 5) is 25.3. The van der Waals surface area contributed by atoms with Gasteiger partial charge in [0.05, 0.1) is 11.1 Å². The van der Waals surface area contributed by atoms with Crippen molar-refractivity contribution in [3.05, 3.63) is 35.5 Å². The summed E-state index contributed by atoms with van der Waals surface area (Å²) in [6.45, 7) is 2.51. The lowest BCUT2D eigenvalue weighted by Crippen LogP contribution is -2.36. The Balaban J connectivity index is 1.46. The number of ether oxygens (including phenoxy) is 3. The first-order valence-corrected chi connectivity index (χ1v) is 9.86. The average molecular weight is 399 g/mol. The minimum Gasteiger partial charge on any atom is -0.486 e. The molecule has 29 heavy (non-hydrogen) atoms. The van der Waals surface area contributed by atoms with Crippen LogP contribution in [0.2, 0.25) is 0 Å². The van der Waals surface area contributed by atoms with Crippen LogP contribution in [0.15, 0.2) is 24.3 Å². The fourth-order valence-corrected chi connectivity index (χ4v) is 4.11. The van der Waals surface area contributed by atoms with Crippen LogP contribution in [-0.4, -0.2) is 41.5 Å². The largest absolute Gasteiger partial charge is 0.486 e. The Labute approximate surface area is 169 Å². The number of amides is 1. The fourth-order valence-electron chi connectivity index (χ4n) is 4.11. The van der Waals surface area contributed by atoms with E-state index in [-0.39, 0.29) is 12.6 Å². The number of esters is 1. The molecular formula is C21H25N3O5. The summed E-state index contributed by atoms with van der Waals surface area (Å²) in [5.74, 6) is 1.13. The maximum atomic E-state index is 13.1. The van der Waals surface area contributed by atoms with Crippen molar-refractivity contribution in [2.75, 3.05) is 25.1 Å². The van der Waals surface area contributed by atoms with Gasteiger partial charge < -0.3 is 19.5 Å². The van der Waals surface area contributed by atoms with Gasteiger partial charge in [-0.15, -0.1) is 0 Å². The van der Waals surface area contributed by atoms with Crippen LogP contribution in [0, 0.1) is 6.92 Å². The second-order valence-corrected chi connectivity index (χ2v) is 7.57. The van der Waals surface area contributed by atoms with Crippen LogP contribution in [0.1, 0.15) is 36.9 Å². The maximum Gasteiger partial charge on any atom is 0.317 e. The number of benzene rings is 1. The normalized spacial score (nSPS) is 17.0. The molecule has 0 saturated heterocycles. The summed E-state index contributed by atoms with van der Waals surface area (Å²) < 4.78 is 18.3. The molecule has 4 rings (SSSR count). The van der Waals surface area contributed by atoms with E-state index in [1.807, 2.05) is 25.1 Å². The van der Waals surface area contributed by atoms with E-state index in [2.05, 4.69) is 10.4 Å². The van der Waals surface area contributed by atoms with Crippen molar-refractivity contribution in [2.45, 2.75) is 38.0 Å². The van der Waals surface area contributed by atoms with Gasteiger partial charge in [0, 0.05) is 13.1 Å². The van der Waals surface area contributed by atoms with Crippen LogP contribution in [0.4, 0.5) is 5.82 Å². The van der Waals surface area contributed by atoms with Gasteiger partial charge in [0.2, 0.25) is 0 Å². The number of fused-ring (bicyclic) bond motifs is 1. The Morgan fingerprint density at radius 3 is 2.59 bits per heavy atom. The van der Waals surface area contributed by atoms with E-state index in [0.717, 1.165) is 24.1 Å². The zero-order valence-corrected chi connectivity index (χ0v) is 16.7. The first kappa shape index (κ1) is 19.3. The van der Waals surface area contributed by atoms with Crippen molar-refractivity contribution in [2.24, 2.45) is 7.05 Å². The molecule has 0 spiro atoms. The minimum atomic E-state index is -0.751. The molecule has 2 aromatic rings. The summed E-state index contributed by atoms with van der Waals surface area (Å²) >= 11 is 0. The van der Waals surface area contributed by atoms with Crippen molar-refractivity contribution in [1.29, 1.82) is 0 Å². The number of rotatable bonds is 5. The lowest BCUT2D eigenvalue weighted by atomic mass is 9.78. The zero-order chi connectivity index (χ0) is 20.4. The second-order valence-electron chi connectivity index (χ2n) is 7.57. The number of aromatic nitrogens is 2. The molecule has 1 aromatic heterocycles. The van der Waals surface area contributed by atoms with Crippen LogP contribution in [0.3, 0.4) is 0 Å². The smallest absolute Gasteiger partial charge is 0.317 e. The van der Waals surface area contributed by atoms with Crippen LogP contribution in [0.5, 0.6) is 11.5 Å². The van der Waals surface area contributed by atoms with Gasteiger partial charge in [-0.25, -0.2) is 0 Å². The molecule has 0 unspecified atom stereocenters. The number of carbonyl (C=O) groups is 2. The highest BCUT2D eigenvalue weighted by Crippen LogP contribution is 2.45. The average Bonchev–Trinajstić information content (AvgIpc) is 3.33. The van der Waals surface area contributed by atoms with Crippen molar-refractivity contribution in [3.63, 3.8) is 0 Å². The number of hydrogen-bond acceptors (Lipinski definition) is 6. The molecule has 1 N–H and O–H groups in total. The van der Waals surface area contributed by atoms with Crippen LogP contribution >= 0.6 is 0 Å². The molecule has 0 radical (unpaired) electrons. The fraction of sp³-hybridized carbons (Fsp3) is 0.476. The second kappa shape index (κ2) is 7.77. The molecule has 1 aliphatic heterocycles. The number of hydrogen-bond donors (Lipinski definition) is 1. The highest BCUT2D eigenvalue weighted by molar-refractivity contribution is 5.93. The predicted molar refractivity (Wildman–Crippen MR) is 105 cm³/mol. The van der Waals surface area contributed by atoms with Gasteiger partial charge in [0.15, 0.2) is 18.1 Å². The third-order valence-electron chi connectivity index (χ3n) is 5.55. The van der Waals surface area contributed by atoms with Gasteiger partial charge in [-0.2, -0.15) is 5.10 Å². The van der Waals surface area contributed by atoms with Crippen LogP contribution < -0.4 is 14.8 Å². The van der Waals surface area contributed by atoms with Crippen molar-refractivity contribution in [3.8, 4) is 11.5 Å². The monoisotopic (exact) mass is 399 g/mol. The van der Waals surface area contributed by atoms with E-state index in [9.17, 15) is 9.59 Å². The van der Waals surface area contributed by atoms with E-state index < -0.39 is 11.3 Å². The SMILES string of the molecule is Cc1cc(NC(=O)COC(=O)C2(c3ccc4c(c3)OCCO4)CCCC2)n(C)n1. The predicted octanol–water partition coefficient (Wildman–Crippen LogP) is 2.49. The molecule has 1 fully saturated rings. The number of nitrogens with one attached hydrogen (secondary N) is 1. The van der Waals surface area contributed by atoms with E-state index in [1.165, 1.54) is 0 Å². The Morgan fingerprint density at radius 1 is 1.17 bits per heavy atom. The highest BCUT2D eigenvalue weighted by atomic mass is 16.6. The highest BCUT2D eigenvalue weighted by Gasteiger charge is 2.45. The van der Waals surface area contributed by atoms with Gasteiger partial charge in [-0.1, -0.05) is 18.9 Å². The summed E-state index contributed by atoms with van der Waals surface area (Å²) in [5, 5.41) is 6.90. The lowest BCUT2D eigenvalue weighted by molar-refractivity contribution is -0.153. The quantitative estimate of drug-likeness (QED) is 0.777. The molecule has 8 nitrogen and oxygen atoms in total. The maximum absolute atomic E-state index is 13.1. The first-order chi connectivity index (χ1) is 14.0. The third-order valence-corrected chi connectivity index (χ3v) is 5.55. The summed E-state index contributed by atoms with van der Waals surface area (Å²) in [5.41, 5.74) is 0.898. The molecule has 8 heteroatoms. The Kier molecular flexibility index (Phi) is 5.17. The van der Waals surface area contributed by atoms with E-state index >= 15 is 0 Å². The Morgan fingerprint density at radius 2 is 1.90 bits per heavy atom. The topological polar surface area (TPSA) is 91.7 Å². The number of carbonyl (C=O) groups excluding carboxylic acids is 2. The molecule has 0 atom stereocenters. The molecule has 154 valence electrons. The summed E-state index contributed by atoms with van der Waals surface area (Å²) in [7, 11) is 1.74. The van der Waals surface area contributed by atoms with Gasteiger partial charge in [-0.05, 0) is 37.5 Å². The standard InChI is InChI=1S/C21H25N3O5/c1-14-11-18(24(2)23-14)22-19(25)13-29-20(26)21(7-3-4-8-21)15-5-6-16-17(12-15)28-10-9-27-16/h5-6,11-12H,3-4,7-10,13H2,1-2H3,(H,22,25). The Hall–Kier alpha value is -3.03. The van der Waals surface area contributed by atoms with Gasteiger partial charge in [0.25, 0.3) is 5.91 Å². The van der Waals surface area contributed by atoms with Crippen molar-refractivity contribution < 1.29 is 23.8 Å². The van der Waals surface area contributed by atoms with Crippen LogP contribution in [-0.2, 0) is 26.8 Å². The van der Waals surface area contributed by atoms with E-state index in [4.69, 9.17) is 14.2 Å². The van der Waals surface area contributed by atoms with E-state index in [0.29, 0.717) is 43.4 Å². The summed E-state index contributed by atoms with van der Waals surface area (Å²) in [6.07, 6.45) is 3.25. The molecule has 1 amide bonds. The van der Waals surface area contributed by atoms with Gasteiger partial charge in [0.1, 0.15) is 19.0 Å². The molecule has 2 heterocycles. The lowest BCUT2D eigenvalue weighted by Gasteiger charge is -2.28. The van der Waals surface area contributed by atoms with E-state index in [1.54, 1.807) is 17.8 Å². The first-order valence-electron chi connectivity index (χ1n) is 9.86. The Bertz CT molecular complexity index is 930.